The highest BCUT2D eigenvalue weighted by Gasteiger charge is 2.38. The number of fused-ring (bicyclic) bond motifs is 1. The third kappa shape index (κ3) is 2.13. The van der Waals surface area contributed by atoms with Gasteiger partial charge in [-0.1, -0.05) is 48.0 Å². The van der Waals surface area contributed by atoms with Crippen LogP contribution in [0.1, 0.15) is 23.1 Å². The van der Waals surface area contributed by atoms with Crippen LogP contribution in [0.15, 0.2) is 48.5 Å². The molecule has 19 heavy (non-hydrogen) atoms. The molecule has 1 aliphatic rings. The Labute approximate surface area is 118 Å². The number of hydrogen-bond donors (Lipinski definition) is 0. The topological polar surface area (TPSA) is 23.8 Å². The Balaban J connectivity index is 2.01. The van der Waals surface area contributed by atoms with Gasteiger partial charge in [0.15, 0.2) is 0 Å². The lowest BCUT2D eigenvalue weighted by Gasteiger charge is -2.22. The van der Waals surface area contributed by atoms with E-state index < -0.39 is 0 Å². The maximum Gasteiger partial charge on any atom is 0.0868 e. The summed E-state index contributed by atoms with van der Waals surface area (Å²) in [5.41, 5.74) is 3.25. The van der Waals surface area contributed by atoms with Gasteiger partial charge in [0.05, 0.1) is 11.5 Å². The Morgan fingerprint density at radius 3 is 2.79 bits per heavy atom. The van der Waals surface area contributed by atoms with Crippen molar-refractivity contribution in [3.8, 4) is 6.07 Å². The van der Waals surface area contributed by atoms with Crippen molar-refractivity contribution in [3.63, 3.8) is 0 Å². The van der Waals surface area contributed by atoms with E-state index in [2.05, 4.69) is 18.2 Å². The maximum atomic E-state index is 9.71. The first-order chi connectivity index (χ1) is 9.23. The van der Waals surface area contributed by atoms with Crippen LogP contribution in [0.25, 0.3) is 0 Å². The summed E-state index contributed by atoms with van der Waals surface area (Å²) < 4.78 is 0. The average Bonchev–Trinajstić information content (AvgIpc) is 2.79. The first kappa shape index (κ1) is 12.3. The monoisotopic (exact) mass is 267 g/mol. The molecule has 0 heterocycles. The van der Waals surface area contributed by atoms with Crippen molar-refractivity contribution < 1.29 is 0 Å². The second kappa shape index (κ2) is 4.72. The van der Waals surface area contributed by atoms with Crippen LogP contribution in [0.5, 0.6) is 0 Å². The summed E-state index contributed by atoms with van der Waals surface area (Å²) in [5, 5.41) is 10.4. The standard InChI is InChI=1S/C17H14ClN/c18-15-6-3-4-13(10-15)11-17(12-19)9-8-14-5-1-2-7-16(14)17/h1-7,10H,8-9,11H2. The molecule has 0 fully saturated rings. The van der Waals surface area contributed by atoms with Gasteiger partial charge in [0.2, 0.25) is 0 Å². The van der Waals surface area contributed by atoms with Gasteiger partial charge in [-0.2, -0.15) is 5.26 Å². The summed E-state index contributed by atoms with van der Waals surface area (Å²) in [6.45, 7) is 0. The van der Waals surface area contributed by atoms with Crippen LogP contribution >= 0.6 is 11.6 Å². The van der Waals surface area contributed by atoms with Gasteiger partial charge >= 0.3 is 0 Å². The minimum Gasteiger partial charge on any atom is -0.197 e. The molecule has 1 atom stereocenters. The number of halogens is 1. The predicted octanol–water partition coefficient (Wildman–Crippen LogP) is 4.29. The molecule has 0 aliphatic heterocycles. The molecular weight excluding hydrogens is 254 g/mol. The quantitative estimate of drug-likeness (QED) is 0.796. The lowest BCUT2D eigenvalue weighted by atomic mass is 9.78. The summed E-state index contributed by atoms with van der Waals surface area (Å²) in [5.74, 6) is 0. The molecule has 0 radical (unpaired) electrons. The lowest BCUT2D eigenvalue weighted by Crippen LogP contribution is -2.23. The zero-order valence-corrected chi connectivity index (χ0v) is 11.3. The minimum atomic E-state index is -0.388. The highest BCUT2D eigenvalue weighted by atomic mass is 35.5. The summed E-state index contributed by atoms with van der Waals surface area (Å²) in [7, 11) is 0. The Bertz CT molecular complexity index is 656. The number of nitrogens with zero attached hydrogens (tertiary/aromatic N) is 1. The van der Waals surface area contributed by atoms with Gasteiger partial charge in [-0.3, -0.25) is 0 Å². The summed E-state index contributed by atoms with van der Waals surface area (Å²) in [6, 6.07) is 18.7. The van der Waals surface area contributed by atoms with Gasteiger partial charge < -0.3 is 0 Å². The molecule has 0 aromatic heterocycles. The van der Waals surface area contributed by atoms with Crippen molar-refractivity contribution in [2.24, 2.45) is 0 Å². The number of benzene rings is 2. The van der Waals surface area contributed by atoms with Crippen LogP contribution in [0.3, 0.4) is 0 Å². The van der Waals surface area contributed by atoms with Crippen LogP contribution in [-0.4, -0.2) is 0 Å². The van der Waals surface area contributed by atoms with Crippen molar-refractivity contribution in [1.82, 2.24) is 0 Å². The van der Waals surface area contributed by atoms with Crippen LogP contribution < -0.4 is 0 Å². The number of rotatable bonds is 2. The molecule has 1 nitrogen and oxygen atoms in total. The smallest absolute Gasteiger partial charge is 0.0868 e. The fraction of sp³-hybridized carbons (Fsp3) is 0.235. The lowest BCUT2D eigenvalue weighted by molar-refractivity contribution is 0.541. The van der Waals surface area contributed by atoms with Gasteiger partial charge in [-0.15, -0.1) is 0 Å². The van der Waals surface area contributed by atoms with E-state index in [0.717, 1.165) is 29.8 Å². The van der Waals surface area contributed by atoms with Crippen molar-refractivity contribution in [1.29, 1.82) is 5.26 Å². The third-order valence-corrected chi connectivity index (χ3v) is 4.20. The van der Waals surface area contributed by atoms with Crippen LogP contribution in [0.2, 0.25) is 5.02 Å². The molecule has 0 amide bonds. The summed E-state index contributed by atoms with van der Waals surface area (Å²) in [4.78, 5) is 0. The molecule has 0 spiro atoms. The van der Waals surface area contributed by atoms with E-state index in [1.54, 1.807) is 0 Å². The first-order valence-electron chi connectivity index (χ1n) is 6.48. The van der Waals surface area contributed by atoms with E-state index in [4.69, 9.17) is 11.6 Å². The molecule has 2 aromatic rings. The van der Waals surface area contributed by atoms with E-state index in [0.29, 0.717) is 0 Å². The number of nitriles is 1. The Morgan fingerprint density at radius 1 is 1.16 bits per heavy atom. The second-order valence-electron chi connectivity index (χ2n) is 5.16. The molecule has 0 saturated heterocycles. The Hall–Kier alpha value is -1.78. The van der Waals surface area contributed by atoms with E-state index >= 15 is 0 Å². The zero-order valence-electron chi connectivity index (χ0n) is 10.6. The van der Waals surface area contributed by atoms with E-state index in [1.165, 1.54) is 11.1 Å². The van der Waals surface area contributed by atoms with Crippen molar-refractivity contribution >= 4 is 11.6 Å². The maximum absolute atomic E-state index is 9.71. The summed E-state index contributed by atoms with van der Waals surface area (Å²) in [6.07, 6.45) is 2.63. The molecule has 2 heteroatoms. The van der Waals surface area contributed by atoms with E-state index in [1.807, 2.05) is 36.4 Å². The normalized spacial score (nSPS) is 20.8. The molecule has 1 aliphatic carbocycles. The van der Waals surface area contributed by atoms with Gasteiger partial charge in [0, 0.05) is 5.02 Å². The average molecular weight is 268 g/mol. The zero-order chi connectivity index (χ0) is 13.3. The fourth-order valence-corrected chi connectivity index (χ4v) is 3.24. The highest BCUT2D eigenvalue weighted by Crippen LogP contribution is 2.41. The highest BCUT2D eigenvalue weighted by molar-refractivity contribution is 6.30. The molecule has 0 N–H and O–H groups in total. The molecule has 94 valence electrons. The summed E-state index contributed by atoms with van der Waals surface area (Å²) >= 11 is 6.04. The second-order valence-corrected chi connectivity index (χ2v) is 5.59. The molecule has 1 unspecified atom stereocenters. The van der Waals surface area contributed by atoms with E-state index in [9.17, 15) is 5.26 Å². The van der Waals surface area contributed by atoms with Crippen molar-refractivity contribution in [2.45, 2.75) is 24.7 Å². The molecule has 3 rings (SSSR count). The Morgan fingerprint density at radius 2 is 2.00 bits per heavy atom. The molecular formula is C17H14ClN. The van der Waals surface area contributed by atoms with E-state index in [-0.39, 0.29) is 5.41 Å². The van der Waals surface area contributed by atoms with Crippen molar-refractivity contribution in [3.05, 3.63) is 70.2 Å². The van der Waals surface area contributed by atoms with Gasteiger partial charge in [0.25, 0.3) is 0 Å². The van der Waals surface area contributed by atoms with Gasteiger partial charge in [-0.05, 0) is 48.1 Å². The van der Waals surface area contributed by atoms with Gasteiger partial charge in [0.1, 0.15) is 0 Å². The van der Waals surface area contributed by atoms with Crippen LogP contribution in [0, 0.1) is 11.3 Å². The number of hydrogen-bond acceptors (Lipinski definition) is 1. The fourth-order valence-electron chi connectivity index (χ4n) is 3.02. The predicted molar refractivity (Wildman–Crippen MR) is 77.2 cm³/mol. The minimum absolute atomic E-state index is 0.388. The van der Waals surface area contributed by atoms with Crippen molar-refractivity contribution in [2.75, 3.05) is 0 Å². The molecule has 0 saturated carbocycles. The Kier molecular flexibility index (Phi) is 3.05. The number of aryl methyl sites for hydroxylation is 1. The van der Waals surface area contributed by atoms with Crippen LogP contribution in [0.4, 0.5) is 0 Å². The first-order valence-corrected chi connectivity index (χ1v) is 6.85. The SMILES string of the molecule is N#CC1(Cc2cccc(Cl)c2)CCc2ccccc21. The largest absolute Gasteiger partial charge is 0.197 e. The third-order valence-electron chi connectivity index (χ3n) is 3.96. The van der Waals surface area contributed by atoms with Crippen LogP contribution in [-0.2, 0) is 18.3 Å². The van der Waals surface area contributed by atoms with Gasteiger partial charge in [-0.25, -0.2) is 0 Å². The molecule has 2 aromatic carbocycles. The molecule has 0 bridgehead atoms.